The standard InChI is InChI=1S/C23H21F3/c1-17(21-15-7-12-19-11-4-5-14-22(19)21)8-2-3-9-18-10-6-13-20(16-18)23(24,25)26/h3-7,9-17H,2,8H2,1H3/b9-3+. The molecule has 0 bridgehead atoms. The van der Waals surface area contributed by atoms with E-state index in [1.807, 2.05) is 18.2 Å². The third kappa shape index (κ3) is 4.34. The summed E-state index contributed by atoms with van der Waals surface area (Å²) in [5.74, 6) is 0.382. The summed E-state index contributed by atoms with van der Waals surface area (Å²) in [5, 5.41) is 2.50. The summed E-state index contributed by atoms with van der Waals surface area (Å²) >= 11 is 0. The first-order chi connectivity index (χ1) is 12.4. The van der Waals surface area contributed by atoms with Crippen LogP contribution in [0, 0.1) is 0 Å². The molecule has 0 N–H and O–H groups in total. The van der Waals surface area contributed by atoms with Gasteiger partial charge in [-0.1, -0.05) is 73.7 Å². The highest BCUT2D eigenvalue weighted by Crippen LogP contribution is 2.30. The molecule has 3 aromatic carbocycles. The van der Waals surface area contributed by atoms with Gasteiger partial charge in [0.1, 0.15) is 0 Å². The van der Waals surface area contributed by atoms with E-state index in [0.717, 1.165) is 18.9 Å². The van der Waals surface area contributed by atoms with Gasteiger partial charge >= 0.3 is 6.18 Å². The molecule has 0 saturated carbocycles. The Morgan fingerprint density at radius 3 is 2.46 bits per heavy atom. The van der Waals surface area contributed by atoms with Gasteiger partial charge < -0.3 is 0 Å². The fourth-order valence-corrected chi connectivity index (χ4v) is 3.22. The van der Waals surface area contributed by atoms with Crippen molar-refractivity contribution in [2.24, 2.45) is 0 Å². The van der Waals surface area contributed by atoms with Crippen LogP contribution in [0.4, 0.5) is 13.2 Å². The van der Waals surface area contributed by atoms with Gasteiger partial charge in [0.05, 0.1) is 5.56 Å². The molecule has 3 aromatic rings. The van der Waals surface area contributed by atoms with E-state index in [-0.39, 0.29) is 0 Å². The van der Waals surface area contributed by atoms with Crippen molar-refractivity contribution in [3.05, 3.63) is 89.5 Å². The zero-order valence-electron chi connectivity index (χ0n) is 14.6. The monoisotopic (exact) mass is 354 g/mol. The van der Waals surface area contributed by atoms with E-state index in [9.17, 15) is 13.2 Å². The van der Waals surface area contributed by atoms with E-state index in [1.54, 1.807) is 12.1 Å². The molecular weight excluding hydrogens is 333 g/mol. The van der Waals surface area contributed by atoms with E-state index < -0.39 is 11.7 Å². The van der Waals surface area contributed by atoms with Gasteiger partial charge in [0, 0.05) is 0 Å². The molecule has 0 aliphatic rings. The number of hydrogen-bond donors (Lipinski definition) is 0. The summed E-state index contributed by atoms with van der Waals surface area (Å²) in [6, 6.07) is 20.1. The molecule has 3 heteroatoms. The molecule has 1 unspecified atom stereocenters. The number of allylic oxidation sites excluding steroid dienone is 1. The average Bonchev–Trinajstić information content (AvgIpc) is 2.64. The molecule has 0 aliphatic carbocycles. The maximum Gasteiger partial charge on any atom is 0.416 e. The number of benzene rings is 3. The molecule has 3 rings (SSSR count). The summed E-state index contributed by atoms with van der Waals surface area (Å²) in [6.07, 6.45) is 1.19. The van der Waals surface area contributed by atoms with Crippen molar-refractivity contribution in [3.8, 4) is 0 Å². The van der Waals surface area contributed by atoms with Gasteiger partial charge in [-0.15, -0.1) is 0 Å². The van der Waals surface area contributed by atoms with Crippen molar-refractivity contribution in [1.82, 2.24) is 0 Å². The van der Waals surface area contributed by atoms with Crippen LogP contribution < -0.4 is 0 Å². The Kier molecular flexibility index (Phi) is 5.46. The van der Waals surface area contributed by atoms with E-state index in [0.29, 0.717) is 11.5 Å². The molecule has 0 aromatic heterocycles. The van der Waals surface area contributed by atoms with Crippen LogP contribution in [0.1, 0.15) is 42.4 Å². The number of rotatable bonds is 5. The normalized spacial score (nSPS) is 13.4. The fourth-order valence-electron chi connectivity index (χ4n) is 3.22. The Morgan fingerprint density at radius 2 is 1.65 bits per heavy atom. The quantitative estimate of drug-likeness (QED) is 0.446. The van der Waals surface area contributed by atoms with Crippen molar-refractivity contribution < 1.29 is 13.2 Å². The molecule has 1 atom stereocenters. The van der Waals surface area contributed by atoms with Crippen molar-refractivity contribution in [1.29, 1.82) is 0 Å². The minimum absolute atomic E-state index is 0.382. The lowest BCUT2D eigenvalue weighted by molar-refractivity contribution is -0.137. The highest BCUT2D eigenvalue weighted by atomic mass is 19.4. The lowest BCUT2D eigenvalue weighted by Crippen LogP contribution is -2.04. The zero-order valence-corrected chi connectivity index (χ0v) is 14.6. The maximum atomic E-state index is 12.8. The topological polar surface area (TPSA) is 0 Å². The Morgan fingerprint density at radius 1 is 0.923 bits per heavy atom. The summed E-state index contributed by atoms with van der Waals surface area (Å²) < 4.78 is 38.3. The van der Waals surface area contributed by atoms with Crippen LogP contribution in [0.25, 0.3) is 16.8 Å². The second-order valence-electron chi connectivity index (χ2n) is 6.57. The molecular formula is C23H21F3. The van der Waals surface area contributed by atoms with E-state index >= 15 is 0 Å². The molecule has 134 valence electrons. The average molecular weight is 354 g/mol. The van der Waals surface area contributed by atoms with Crippen LogP contribution in [0.15, 0.2) is 72.8 Å². The Hall–Kier alpha value is -2.55. The van der Waals surface area contributed by atoms with Crippen molar-refractivity contribution in [2.45, 2.75) is 31.9 Å². The highest BCUT2D eigenvalue weighted by molar-refractivity contribution is 5.86. The molecule has 0 amide bonds. The van der Waals surface area contributed by atoms with Gasteiger partial charge in [-0.3, -0.25) is 0 Å². The molecule has 0 fully saturated rings. The first-order valence-corrected chi connectivity index (χ1v) is 8.76. The zero-order chi connectivity index (χ0) is 18.6. The lowest BCUT2D eigenvalue weighted by atomic mass is 9.91. The lowest BCUT2D eigenvalue weighted by Gasteiger charge is -2.13. The van der Waals surface area contributed by atoms with Gasteiger partial charge in [0.2, 0.25) is 0 Å². The van der Waals surface area contributed by atoms with Crippen LogP contribution in [0.2, 0.25) is 0 Å². The van der Waals surface area contributed by atoms with Crippen LogP contribution in [0.3, 0.4) is 0 Å². The van der Waals surface area contributed by atoms with Crippen molar-refractivity contribution in [2.75, 3.05) is 0 Å². The van der Waals surface area contributed by atoms with Crippen LogP contribution >= 0.6 is 0 Å². The van der Waals surface area contributed by atoms with Gasteiger partial charge in [-0.05, 0) is 52.8 Å². The Balaban J connectivity index is 1.65. The maximum absolute atomic E-state index is 12.8. The van der Waals surface area contributed by atoms with E-state index in [2.05, 4.69) is 37.3 Å². The van der Waals surface area contributed by atoms with Crippen molar-refractivity contribution >= 4 is 16.8 Å². The van der Waals surface area contributed by atoms with Crippen LogP contribution in [-0.2, 0) is 6.18 Å². The smallest absolute Gasteiger partial charge is 0.166 e. The predicted octanol–water partition coefficient (Wildman–Crippen LogP) is 7.46. The van der Waals surface area contributed by atoms with Gasteiger partial charge in [0.15, 0.2) is 0 Å². The SMILES string of the molecule is CC(CC/C=C/c1cccc(C(F)(F)F)c1)c1cccc2ccccc12. The summed E-state index contributed by atoms with van der Waals surface area (Å²) in [6.45, 7) is 2.19. The Labute approximate surface area is 152 Å². The summed E-state index contributed by atoms with van der Waals surface area (Å²) in [4.78, 5) is 0. The highest BCUT2D eigenvalue weighted by Gasteiger charge is 2.30. The first kappa shape index (κ1) is 18.2. The Bertz CT molecular complexity index is 901. The van der Waals surface area contributed by atoms with Crippen LogP contribution in [0.5, 0.6) is 0 Å². The fraction of sp³-hybridized carbons (Fsp3) is 0.217. The largest absolute Gasteiger partial charge is 0.416 e. The van der Waals surface area contributed by atoms with Gasteiger partial charge in [-0.25, -0.2) is 0 Å². The predicted molar refractivity (Wildman–Crippen MR) is 102 cm³/mol. The third-order valence-electron chi connectivity index (χ3n) is 4.64. The third-order valence-corrected chi connectivity index (χ3v) is 4.64. The second kappa shape index (κ2) is 7.77. The van der Waals surface area contributed by atoms with Gasteiger partial charge in [-0.2, -0.15) is 13.2 Å². The summed E-state index contributed by atoms with van der Waals surface area (Å²) in [7, 11) is 0. The van der Waals surface area contributed by atoms with Gasteiger partial charge in [0.25, 0.3) is 0 Å². The molecule has 0 spiro atoms. The molecule has 0 saturated heterocycles. The number of halogens is 3. The molecule has 0 heterocycles. The van der Waals surface area contributed by atoms with E-state index in [4.69, 9.17) is 0 Å². The number of hydrogen-bond acceptors (Lipinski definition) is 0. The minimum Gasteiger partial charge on any atom is -0.166 e. The molecule has 0 radical (unpaired) electrons. The molecule has 26 heavy (non-hydrogen) atoms. The summed E-state index contributed by atoms with van der Waals surface area (Å²) in [5.41, 5.74) is 1.29. The van der Waals surface area contributed by atoms with E-state index in [1.165, 1.54) is 28.5 Å². The molecule has 0 aliphatic heterocycles. The van der Waals surface area contributed by atoms with Crippen molar-refractivity contribution in [3.63, 3.8) is 0 Å². The second-order valence-corrected chi connectivity index (χ2v) is 6.57. The minimum atomic E-state index is -4.30. The van der Waals surface area contributed by atoms with Crippen LogP contribution in [-0.4, -0.2) is 0 Å². The number of alkyl halides is 3. The number of fused-ring (bicyclic) bond motifs is 1. The molecule has 0 nitrogen and oxygen atoms in total. The first-order valence-electron chi connectivity index (χ1n) is 8.76.